The summed E-state index contributed by atoms with van der Waals surface area (Å²) in [5, 5.41) is 0. The van der Waals surface area contributed by atoms with Crippen molar-refractivity contribution in [2.24, 2.45) is 0 Å². The van der Waals surface area contributed by atoms with Gasteiger partial charge in [-0.1, -0.05) is 0 Å². The maximum absolute atomic E-state index is 6.05. The first-order valence-electron chi connectivity index (χ1n) is 8.29. The zero-order valence-corrected chi connectivity index (χ0v) is 15.4. The fraction of sp³-hybridized carbons (Fsp3) is 1.00. The Labute approximate surface area is 137 Å². The van der Waals surface area contributed by atoms with Crippen molar-refractivity contribution in [3.8, 4) is 0 Å². The average molecular weight is 321 g/mol. The topological polar surface area (TPSA) is 27.7 Å². The molecule has 0 aliphatic rings. The second-order valence-electron chi connectivity index (χ2n) is 5.19. The van der Waals surface area contributed by atoms with Crippen molar-refractivity contribution in [3.63, 3.8) is 0 Å². The minimum absolute atomic E-state index is 0.0164. The summed E-state index contributed by atoms with van der Waals surface area (Å²) < 4.78 is 17.5. The van der Waals surface area contributed by atoms with Gasteiger partial charge in [-0.05, 0) is 0 Å². The maximum atomic E-state index is 6.05. The zero-order chi connectivity index (χ0) is 15.3. The summed E-state index contributed by atoms with van der Waals surface area (Å²) in [6, 6.07) is 0. The van der Waals surface area contributed by atoms with Crippen LogP contribution in [-0.4, -0.2) is 30.0 Å². The molecule has 0 aliphatic heterocycles. The third-order valence-corrected chi connectivity index (χ3v) is 4.19. The van der Waals surface area contributed by atoms with Gasteiger partial charge in [0, 0.05) is 0 Å². The molecule has 1 atom stereocenters. The van der Waals surface area contributed by atoms with Crippen LogP contribution in [0.4, 0.5) is 0 Å². The van der Waals surface area contributed by atoms with Gasteiger partial charge in [0.05, 0.1) is 0 Å². The summed E-state index contributed by atoms with van der Waals surface area (Å²) in [5.41, 5.74) is 0. The second-order valence-corrected chi connectivity index (χ2v) is 6.28. The number of hydrogen-bond donors (Lipinski definition) is 0. The Morgan fingerprint density at radius 1 is 0.800 bits per heavy atom. The van der Waals surface area contributed by atoms with Crippen LogP contribution in [0.3, 0.4) is 0 Å². The number of ether oxygens (including phenoxy) is 3. The van der Waals surface area contributed by atoms with E-state index >= 15 is 0 Å². The number of hydrogen-bond acceptors (Lipinski definition) is 3. The van der Waals surface area contributed by atoms with E-state index in [0.717, 1.165) is 64.8 Å². The molecule has 0 aromatic carbocycles. The van der Waals surface area contributed by atoms with Crippen LogP contribution in [-0.2, 0) is 34.6 Å². The van der Waals surface area contributed by atoms with Crippen LogP contribution in [0, 0.1) is 0 Å². The van der Waals surface area contributed by atoms with E-state index in [2.05, 4.69) is 27.7 Å². The fourth-order valence-corrected chi connectivity index (χ4v) is 2.60. The third kappa shape index (κ3) is 8.79. The predicted octanol–water partition coefficient (Wildman–Crippen LogP) is 4.42. The number of rotatable bonds is 14. The van der Waals surface area contributed by atoms with Crippen LogP contribution in [0.5, 0.6) is 0 Å². The van der Waals surface area contributed by atoms with E-state index in [4.69, 9.17) is 14.2 Å². The summed E-state index contributed by atoms with van der Waals surface area (Å²) in [4.78, 5) is 0. The van der Waals surface area contributed by atoms with Gasteiger partial charge in [-0.2, -0.15) is 0 Å². The van der Waals surface area contributed by atoms with Crippen molar-refractivity contribution in [1.29, 1.82) is 0 Å². The van der Waals surface area contributed by atoms with Gasteiger partial charge in [0.15, 0.2) is 0 Å². The van der Waals surface area contributed by atoms with Crippen molar-refractivity contribution in [2.45, 2.75) is 82.8 Å². The van der Waals surface area contributed by atoms with E-state index in [0.29, 0.717) is 0 Å². The molecule has 0 N–H and O–H groups in total. The van der Waals surface area contributed by atoms with Crippen LogP contribution in [0.2, 0.25) is 0 Å². The molecular weight excluding hydrogens is 288 g/mol. The quantitative estimate of drug-likeness (QED) is 0.269. The summed E-state index contributed by atoms with van der Waals surface area (Å²) >= 11 is 2.04. The monoisotopic (exact) mass is 321 g/mol. The molecule has 0 spiro atoms. The van der Waals surface area contributed by atoms with E-state index in [1.54, 1.807) is 0 Å². The molecule has 0 aliphatic carbocycles. The minimum atomic E-state index is -0.604. The fourth-order valence-electron chi connectivity index (χ4n) is 1.83. The molecule has 20 heavy (non-hydrogen) atoms. The summed E-state index contributed by atoms with van der Waals surface area (Å²) in [7, 11) is 0. The standard InChI is InChI=1S/C16H33O3.Ti/c1-5-9-12-17-15(8-4)16(18-13-10-6-2)19-14-11-7-3;/h15H,5-14H2,1-4H3;. The Bertz CT molecular complexity index is 202. The van der Waals surface area contributed by atoms with E-state index in [-0.39, 0.29) is 6.10 Å². The Morgan fingerprint density at radius 3 is 1.65 bits per heavy atom. The van der Waals surface area contributed by atoms with Gasteiger partial charge in [-0.15, -0.1) is 0 Å². The van der Waals surface area contributed by atoms with Crippen LogP contribution in [0.25, 0.3) is 0 Å². The van der Waals surface area contributed by atoms with Gasteiger partial charge in [0.1, 0.15) is 0 Å². The molecule has 0 aromatic rings. The SMILES string of the molecule is CCCCOC(CC)[C]([Ti])(OCCCC)OCCCC. The molecule has 0 heterocycles. The number of unbranched alkanes of at least 4 members (excludes halogenated alkanes) is 3. The van der Waals surface area contributed by atoms with Crippen LogP contribution < -0.4 is 0 Å². The van der Waals surface area contributed by atoms with E-state index < -0.39 is 4.09 Å². The van der Waals surface area contributed by atoms with Gasteiger partial charge in [0.25, 0.3) is 0 Å². The normalized spacial score (nSPS) is 13.6. The summed E-state index contributed by atoms with van der Waals surface area (Å²) in [6.07, 6.45) is 7.59. The summed E-state index contributed by atoms with van der Waals surface area (Å²) in [6.45, 7) is 10.9. The molecule has 0 aromatic heterocycles. The van der Waals surface area contributed by atoms with E-state index in [1.807, 2.05) is 20.4 Å². The second kappa shape index (κ2) is 13.3. The molecule has 3 nitrogen and oxygen atoms in total. The van der Waals surface area contributed by atoms with Crippen LogP contribution in [0.1, 0.15) is 72.6 Å². The van der Waals surface area contributed by atoms with Gasteiger partial charge in [0.2, 0.25) is 0 Å². The van der Waals surface area contributed by atoms with Gasteiger partial charge >= 0.3 is 137 Å². The van der Waals surface area contributed by atoms with Gasteiger partial charge in [-0.25, -0.2) is 0 Å². The first kappa shape index (κ1) is 20.6. The zero-order valence-electron chi connectivity index (χ0n) is 13.9. The third-order valence-electron chi connectivity index (χ3n) is 3.24. The first-order chi connectivity index (χ1) is 9.64. The molecule has 0 radical (unpaired) electrons. The van der Waals surface area contributed by atoms with Gasteiger partial charge < -0.3 is 0 Å². The van der Waals surface area contributed by atoms with Crippen molar-refractivity contribution < 1.29 is 34.6 Å². The molecule has 1 unspecified atom stereocenters. The van der Waals surface area contributed by atoms with E-state index in [9.17, 15) is 0 Å². The molecule has 0 fully saturated rings. The Kier molecular flexibility index (Phi) is 13.7. The molecule has 0 saturated carbocycles. The molecular formula is C16H33O3Ti. The van der Waals surface area contributed by atoms with Crippen molar-refractivity contribution in [2.75, 3.05) is 19.8 Å². The summed E-state index contributed by atoms with van der Waals surface area (Å²) in [5.74, 6) is 0. The van der Waals surface area contributed by atoms with E-state index in [1.165, 1.54) is 0 Å². The van der Waals surface area contributed by atoms with Crippen LogP contribution in [0.15, 0.2) is 0 Å². The van der Waals surface area contributed by atoms with Gasteiger partial charge in [-0.3, -0.25) is 0 Å². The van der Waals surface area contributed by atoms with Crippen molar-refractivity contribution in [3.05, 3.63) is 0 Å². The molecule has 4 heteroatoms. The van der Waals surface area contributed by atoms with Crippen molar-refractivity contribution >= 4 is 0 Å². The Hall–Kier alpha value is 0.594. The first-order valence-corrected chi connectivity index (χ1v) is 9.07. The predicted molar refractivity (Wildman–Crippen MR) is 79.4 cm³/mol. The molecule has 0 amide bonds. The Morgan fingerprint density at radius 2 is 1.25 bits per heavy atom. The van der Waals surface area contributed by atoms with Crippen molar-refractivity contribution in [1.82, 2.24) is 0 Å². The Balaban J connectivity index is 4.48. The molecule has 119 valence electrons. The molecule has 0 saturated heterocycles. The van der Waals surface area contributed by atoms with Crippen LogP contribution >= 0.6 is 0 Å². The molecule has 0 bridgehead atoms. The molecule has 0 rings (SSSR count). The average Bonchev–Trinajstić information content (AvgIpc) is 2.44.